The van der Waals surface area contributed by atoms with Gasteiger partial charge in [0.25, 0.3) is 5.91 Å². The Morgan fingerprint density at radius 1 is 1.22 bits per heavy atom. The summed E-state index contributed by atoms with van der Waals surface area (Å²) in [6, 6.07) is 7.98. The van der Waals surface area contributed by atoms with E-state index >= 15 is 0 Å². The average molecular weight is 392 g/mol. The van der Waals surface area contributed by atoms with Gasteiger partial charge in [-0.05, 0) is 17.7 Å². The molecule has 0 saturated carbocycles. The van der Waals surface area contributed by atoms with Crippen molar-refractivity contribution in [3.8, 4) is 6.07 Å². The number of amides is 1. The summed E-state index contributed by atoms with van der Waals surface area (Å²) in [5.41, 5.74) is 6.36. The van der Waals surface area contributed by atoms with Crippen molar-refractivity contribution in [3.63, 3.8) is 0 Å². The molecule has 0 spiro atoms. The largest absolute Gasteiger partial charge is 0.386 e. The summed E-state index contributed by atoms with van der Waals surface area (Å²) in [7, 11) is -3.72. The fraction of sp³-hybridized carbons (Fsp3) is 0.412. The lowest BCUT2D eigenvalue weighted by molar-refractivity contribution is -0.128. The number of benzene rings is 1. The minimum atomic E-state index is -3.72. The molecule has 0 radical (unpaired) electrons. The third kappa shape index (κ3) is 6.04. The van der Waals surface area contributed by atoms with Crippen molar-refractivity contribution >= 4 is 15.9 Å². The number of hydrogen-bond donors (Lipinski definition) is 3. The van der Waals surface area contributed by atoms with Gasteiger partial charge in [0.15, 0.2) is 0 Å². The molecule has 1 amide bonds. The van der Waals surface area contributed by atoms with Crippen LogP contribution in [0.25, 0.3) is 0 Å². The standard InChI is InChI=1S/C17H24N6O3S/c18-5-6-22-7-9-23(10-8-22)17(24)15(11-19)13-21-12-14-1-3-16(4-2-14)27(20,25)26/h1-4,13,21H,5-10,12,18H2,(H2,20,25,26)/b15-13-. The molecule has 9 nitrogen and oxygen atoms in total. The molecule has 1 heterocycles. The number of nitrogens with one attached hydrogen (secondary N) is 1. The third-order valence-electron chi connectivity index (χ3n) is 4.26. The average Bonchev–Trinajstić information content (AvgIpc) is 2.65. The molecule has 1 aliphatic rings. The topological polar surface area (TPSA) is 146 Å². The molecule has 27 heavy (non-hydrogen) atoms. The number of sulfonamides is 1. The first-order chi connectivity index (χ1) is 12.8. The normalized spacial score (nSPS) is 16.0. The number of piperazine rings is 1. The van der Waals surface area contributed by atoms with Crippen LogP contribution in [0, 0.1) is 11.3 Å². The number of carbonyl (C=O) groups is 1. The maximum Gasteiger partial charge on any atom is 0.266 e. The van der Waals surface area contributed by atoms with Crippen LogP contribution in [0.3, 0.4) is 0 Å². The predicted octanol–water partition coefficient (Wildman–Crippen LogP) is -1.07. The first-order valence-electron chi connectivity index (χ1n) is 8.52. The third-order valence-corrected chi connectivity index (χ3v) is 5.19. The lowest BCUT2D eigenvalue weighted by atomic mass is 10.2. The Bertz CT molecular complexity index is 821. The highest BCUT2D eigenvalue weighted by Gasteiger charge is 2.23. The lowest BCUT2D eigenvalue weighted by Gasteiger charge is -2.34. The van der Waals surface area contributed by atoms with Gasteiger partial charge in [0.2, 0.25) is 10.0 Å². The van der Waals surface area contributed by atoms with Gasteiger partial charge in [0, 0.05) is 52.0 Å². The molecule has 1 saturated heterocycles. The Kier molecular flexibility index (Phi) is 7.32. The molecule has 0 atom stereocenters. The maximum absolute atomic E-state index is 12.5. The van der Waals surface area contributed by atoms with Gasteiger partial charge >= 0.3 is 0 Å². The minimum Gasteiger partial charge on any atom is -0.386 e. The Morgan fingerprint density at radius 3 is 2.37 bits per heavy atom. The Labute approximate surface area is 159 Å². The van der Waals surface area contributed by atoms with E-state index in [1.165, 1.54) is 18.3 Å². The second-order valence-electron chi connectivity index (χ2n) is 6.16. The van der Waals surface area contributed by atoms with E-state index in [0.29, 0.717) is 26.2 Å². The van der Waals surface area contributed by atoms with Crippen LogP contribution in [0.2, 0.25) is 0 Å². The summed E-state index contributed by atoms with van der Waals surface area (Å²) >= 11 is 0. The predicted molar refractivity (Wildman–Crippen MR) is 100 cm³/mol. The molecule has 0 aliphatic carbocycles. The van der Waals surface area contributed by atoms with Crippen LogP contribution in [0.5, 0.6) is 0 Å². The van der Waals surface area contributed by atoms with E-state index in [2.05, 4.69) is 10.2 Å². The lowest BCUT2D eigenvalue weighted by Crippen LogP contribution is -2.50. The Hall–Kier alpha value is -2.45. The second-order valence-corrected chi connectivity index (χ2v) is 7.72. The molecule has 0 bridgehead atoms. The number of nitrogens with zero attached hydrogens (tertiary/aromatic N) is 3. The molecule has 0 aromatic heterocycles. The monoisotopic (exact) mass is 392 g/mol. The van der Waals surface area contributed by atoms with Crippen molar-refractivity contribution in [2.75, 3.05) is 39.3 Å². The Balaban J connectivity index is 1.91. The smallest absolute Gasteiger partial charge is 0.266 e. The van der Waals surface area contributed by atoms with E-state index in [0.717, 1.165) is 25.2 Å². The van der Waals surface area contributed by atoms with Gasteiger partial charge in [-0.15, -0.1) is 0 Å². The first-order valence-corrected chi connectivity index (χ1v) is 10.1. The summed E-state index contributed by atoms with van der Waals surface area (Å²) in [6.45, 7) is 4.33. The van der Waals surface area contributed by atoms with E-state index in [1.807, 2.05) is 6.07 Å². The molecular formula is C17H24N6O3S. The maximum atomic E-state index is 12.5. The number of primary sulfonamides is 1. The van der Waals surface area contributed by atoms with Crippen LogP contribution in [-0.4, -0.2) is 63.4 Å². The van der Waals surface area contributed by atoms with Gasteiger partial charge in [-0.25, -0.2) is 13.6 Å². The number of hydrogen-bond acceptors (Lipinski definition) is 7. The molecule has 146 valence electrons. The van der Waals surface area contributed by atoms with Gasteiger partial charge in [-0.3, -0.25) is 9.69 Å². The van der Waals surface area contributed by atoms with Crippen molar-refractivity contribution in [3.05, 3.63) is 41.6 Å². The second kappa shape index (κ2) is 9.48. The van der Waals surface area contributed by atoms with E-state index in [9.17, 15) is 18.5 Å². The quantitative estimate of drug-likeness (QED) is 0.396. The van der Waals surface area contributed by atoms with Gasteiger partial charge in [0.1, 0.15) is 11.6 Å². The van der Waals surface area contributed by atoms with Crippen LogP contribution >= 0.6 is 0 Å². The molecule has 10 heteroatoms. The van der Waals surface area contributed by atoms with Gasteiger partial charge in [-0.1, -0.05) is 12.1 Å². The molecule has 1 aromatic rings. The highest BCUT2D eigenvalue weighted by Crippen LogP contribution is 2.09. The summed E-state index contributed by atoms with van der Waals surface area (Å²) in [5.74, 6) is -0.304. The highest BCUT2D eigenvalue weighted by atomic mass is 32.2. The molecule has 0 unspecified atom stereocenters. The zero-order valence-electron chi connectivity index (χ0n) is 15.0. The van der Waals surface area contributed by atoms with Gasteiger partial charge < -0.3 is 16.0 Å². The van der Waals surface area contributed by atoms with Crippen molar-refractivity contribution in [1.82, 2.24) is 15.1 Å². The fourth-order valence-electron chi connectivity index (χ4n) is 2.74. The van der Waals surface area contributed by atoms with Crippen LogP contribution in [0.15, 0.2) is 40.9 Å². The van der Waals surface area contributed by atoms with E-state index in [-0.39, 0.29) is 16.4 Å². The summed E-state index contributed by atoms with van der Waals surface area (Å²) < 4.78 is 22.5. The molecule has 1 aromatic carbocycles. The first kappa shape index (κ1) is 20.9. The van der Waals surface area contributed by atoms with E-state index in [4.69, 9.17) is 10.9 Å². The summed E-state index contributed by atoms with van der Waals surface area (Å²) in [5, 5.41) is 17.2. The van der Waals surface area contributed by atoms with E-state index < -0.39 is 10.0 Å². The van der Waals surface area contributed by atoms with Crippen LogP contribution in [-0.2, 0) is 21.4 Å². The van der Waals surface area contributed by atoms with Crippen molar-refractivity contribution in [2.24, 2.45) is 10.9 Å². The number of nitrogens with two attached hydrogens (primary N) is 2. The zero-order chi connectivity index (χ0) is 19.9. The molecular weight excluding hydrogens is 368 g/mol. The molecule has 5 N–H and O–H groups in total. The minimum absolute atomic E-state index is 0.0310. The van der Waals surface area contributed by atoms with Gasteiger partial charge in [0.05, 0.1) is 4.90 Å². The molecule has 1 aliphatic heterocycles. The van der Waals surface area contributed by atoms with Crippen molar-refractivity contribution < 1.29 is 13.2 Å². The summed E-state index contributed by atoms with van der Waals surface area (Å²) in [4.78, 5) is 16.3. The van der Waals surface area contributed by atoms with Crippen LogP contribution < -0.4 is 16.2 Å². The van der Waals surface area contributed by atoms with E-state index in [1.54, 1.807) is 17.0 Å². The molecule has 2 rings (SSSR count). The van der Waals surface area contributed by atoms with Crippen LogP contribution in [0.1, 0.15) is 5.56 Å². The van der Waals surface area contributed by atoms with Crippen LogP contribution in [0.4, 0.5) is 0 Å². The number of nitriles is 1. The molecule has 1 fully saturated rings. The SMILES string of the molecule is N#C/C(=C/NCc1ccc(S(N)(=O)=O)cc1)C(=O)N1CCN(CCN)CC1. The van der Waals surface area contributed by atoms with Gasteiger partial charge in [-0.2, -0.15) is 5.26 Å². The highest BCUT2D eigenvalue weighted by molar-refractivity contribution is 7.89. The number of carbonyl (C=O) groups excluding carboxylic acids is 1. The number of rotatable bonds is 7. The van der Waals surface area contributed by atoms with Crippen molar-refractivity contribution in [2.45, 2.75) is 11.4 Å². The zero-order valence-corrected chi connectivity index (χ0v) is 15.8. The fourth-order valence-corrected chi connectivity index (χ4v) is 3.25. The Morgan fingerprint density at radius 2 is 1.85 bits per heavy atom. The summed E-state index contributed by atoms with van der Waals surface area (Å²) in [6.07, 6.45) is 1.39. The van der Waals surface area contributed by atoms with Crippen molar-refractivity contribution in [1.29, 1.82) is 5.26 Å².